The number of nitrogens with zero attached hydrogens (tertiary/aromatic N) is 2. The lowest BCUT2D eigenvalue weighted by atomic mass is 9.97. The zero-order chi connectivity index (χ0) is 22.2. The molecular weight excluding hydrogens is 409 g/mol. The second kappa shape index (κ2) is 7.81. The monoisotopic (exact) mass is 424 g/mol. The Kier molecular flexibility index (Phi) is 5.16. The number of aliphatic hydroxyl groups excluding tert-OH is 1. The van der Waals surface area contributed by atoms with Gasteiger partial charge in [-0.2, -0.15) is 13.2 Å². The molecule has 0 bridgehead atoms. The zero-order valence-electron chi connectivity index (χ0n) is 15.9. The molecule has 0 saturated heterocycles. The van der Waals surface area contributed by atoms with Crippen molar-refractivity contribution in [1.29, 1.82) is 0 Å². The van der Waals surface area contributed by atoms with Crippen LogP contribution in [0, 0.1) is 0 Å². The Morgan fingerprint density at radius 3 is 2.13 bits per heavy atom. The van der Waals surface area contributed by atoms with Crippen LogP contribution in [-0.2, 0) is 6.18 Å². The van der Waals surface area contributed by atoms with Gasteiger partial charge in [-0.05, 0) is 47.5 Å². The Labute approximate surface area is 175 Å². The molecular formula is C23H15F3N2O3. The average molecular weight is 424 g/mol. The normalized spacial score (nSPS) is 14.9. The van der Waals surface area contributed by atoms with Gasteiger partial charge in [-0.25, -0.2) is 4.90 Å². The van der Waals surface area contributed by atoms with Crippen LogP contribution in [0.4, 0.5) is 13.2 Å². The lowest BCUT2D eigenvalue weighted by Gasteiger charge is -2.15. The molecule has 1 unspecified atom stereocenters. The fourth-order valence-electron chi connectivity index (χ4n) is 3.34. The third-order valence-electron chi connectivity index (χ3n) is 4.96. The number of amides is 2. The van der Waals surface area contributed by atoms with Crippen LogP contribution in [-0.4, -0.2) is 26.8 Å². The van der Waals surface area contributed by atoms with Crippen LogP contribution in [0.3, 0.4) is 0 Å². The zero-order valence-corrected chi connectivity index (χ0v) is 15.9. The van der Waals surface area contributed by atoms with Crippen molar-refractivity contribution in [2.45, 2.75) is 12.3 Å². The number of alkyl halides is 3. The molecule has 3 aromatic rings. The van der Waals surface area contributed by atoms with E-state index in [1.807, 2.05) is 0 Å². The molecule has 0 saturated carbocycles. The summed E-state index contributed by atoms with van der Waals surface area (Å²) in [5.41, 5.74) is 0.814. The van der Waals surface area contributed by atoms with Crippen LogP contribution in [0.1, 0.15) is 49.1 Å². The predicted octanol–water partition coefficient (Wildman–Crippen LogP) is 4.45. The maximum Gasteiger partial charge on any atom is 0.416 e. The van der Waals surface area contributed by atoms with Crippen LogP contribution in [0.5, 0.6) is 0 Å². The van der Waals surface area contributed by atoms with Crippen molar-refractivity contribution in [3.8, 4) is 0 Å². The molecule has 8 heteroatoms. The standard InChI is InChI=1S/C23H15F3N2O3/c24-23(25,26)16-7-5-14(6-8-16)20(29)17-9-11-27-13-15(17)10-12-28-21(30)18-3-1-2-4-19(18)22(28)31/h1-13,20,29H/b12-10+. The summed E-state index contributed by atoms with van der Waals surface area (Å²) in [6.07, 6.45) is -0.0890. The molecule has 4 rings (SSSR count). The van der Waals surface area contributed by atoms with E-state index in [-0.39, 0.29) is 5.56 Å². The van der Waals surface area contributed by atoms with E-state index < -0.39 is 29.7 Å². The highest BCUT2D eigenvalue weighted by molar-refractivity contribution is 6.22. The molecule has 1 aliphatic heterocycles. The van der Waals surface area contributed by atoms with Gasteiger partial charge < -0.3 is 5.11 Å². The number of aromatic nitrogens is 1. The Hall–Kier alpha value is -3.78. The number of carbonyl (C=O) groups is 2. The van der Waals surface area contributed by atoms with Gasteiger partial charge in [0.2, 0.25) is 0 Å². The van der Waals surface area contributed by atoms with Gasteiger partial charge in [0.1, 0.15) is 6.10 Å². The third kappa shape index (κ3) is 3.85. The van der Waals surface area contributed by atoms with Crippen molar-refractivity contribution < 1.29 is 27.9 Å². The lowest BCUT2D eigenvalue weighted by molar-refractivity contribution is -0.137. The average Bonchev–Trinajstić information content (AvgIpc) is 3.01. The van der Waals surface area contributed by atoms with E-state index in [4.69, 9.17) is 0 Å². The van der Waals surface area contributed by atoms with Crippen LogP contribution >= 0.6 is 0 Å². The lowest BCUT2D eigenvalue weighted by Crippen LogP contribution is -2.23. The van der Waals surface area contributed by atoms with Gasteiger partial charge in [0.05, 0.1) is 16.7 Å². The number of rotatable bonds is 4. The van der Waals surface area contributed by atoms with Crippen LogP contribution in [0.15, 0.2) is 73.2 Å². The first-order valence-electron chi connectivity index (χ1n) is 9.21. The Balaban J connectivity index is 1.61. The maximum absolute atomic E-state index is 12.8. The number of benzene rings is 2. The molecule has 1 N–H and O–H groups in total. The molecule has 1 aromatic heterocycles. The van der Waals surface area contributed by atoms with Crippen molar-refractivity contribution in [3.05, 3.63) is 107 Å². The molecule has 1 atom stereocenters. The molecule has 2 aromatic carbocycles. The minimum Gasteiger partial charge on any atom is -0.384 e. The molecule has 0 fully saturated rings. The first kappa shape index (κ1) is 20.5. The van der Waals surface area contributed by atoms with E-state index in [0.717, 1.165) is 17.0 Å². The molecule has 0 radical (unpaired) electrons. The summed E-state index contributed by atoms with van der Waals surface area (Å²) in [6, 6.07) is 12.2. The van der Waals surface area contributed by atoms with Gasteiger partial charge in [-0.1, -0.05) is 24.3 Å². The van der Waals surface area contributed by atoms with Crippen molar-refractivity contribution in [3.63, 3.8) is 0 Å². The first-order valence-corrected chi connectivity index (χ1v) is 9.21. The molecule has 0 aliphatic carbocycles. The molecule has 2 amide bonds. The summed E-state index contributed by atoms with van der Waals surface area (Å²) in [5, 5.41) is 10.7. The molecule has 1 aliphatic rings. The maximum atomic E-state index is 12.8. The topological polar surface area (TPSA) is 70.5 Å². The second-order valence-electron chi connectivity index (χ2n) is 6.87. The SMILES string of the molecule is O=C1c2ccccc2C(=O)N1/C=C/c1cnccc1C(O)c1ccc(C(F)(F)F)cc1. The van der Waals surface area contributed by atoms with Crippen molar-refractivity contribution in [1.82, 2.24) is 9.88 Å². The van der Waals surface area contributed by atoms with Crippen molar-refractivity contribution in [2.75, 3.05) is 0 Å². The molecule has 0 spiro atoms. The number of pyridine rings is 1. The number of carbonyl (C=O) groups excluding carboxylic acids is 2. The fraction of sp³-hybridized carbons (Fsp3) is 0.0870. The quantitative estimate of drug-likeness (QED) is 0.629. The molecule has 2 heterocycles. The van der Waals surface area contributed by atoms with E-state index in [1.165, 1.54) is 42.9 Å². The number of imide groups is 1. The summed E-state index contributed by atoms with van der Waals surface area (Å²) < 4.78 is 38.3. The Bertz CT molecular complexity index is 1150. The highest BCUT2D eigenvalue weighted by Gasteiger charge is 2.33. The first-order chi connectivity index (χ1) is 14.8. The molecule has 5 nitrogen and oxygen atoms in total. The third-order valence-corrected chi connectivity index (χ3v) is 4.96. The highest BCUT2D eigenvalue weighted by Crippen LogP contribution is 2.32. The summed E-state index contributed by atoms with van der Waals surface area (Å²) in [4.78, 5) is 29.9. The van der Waals surface area contributed by atoms with Gasteiger partial charge in [0, 0.05) is 24.2 Å². The smallest absolute Gasteiger partial charge is 0.384 e. The van der Waals surface area contributed by atoms with Crippen LogP contribution in [0.2, 0.25) is 0 Å². The summed E-state index contributed by atoms with van der Waals surface area (Å²) >= 11 is 0. The van der Waals surface area contributed by atoms with E-state index >= 15 is 0 Å². The summed E-state index contributed by atoms with van der Waals surface area (Å²) in [5.74, 6) is -0.934. The van der Waals surface area contributed by atoms with Crippen molar-refractivity contribution in [2.24, 2.45) is 0 Å². The van der Waals surface area contributed by atoms with Crippen molar-refractivity contribution >= 4 is 17.9 Å². The van der Waals surface area contributed by atoms with Crippen LogP contribution in [0.25, 0.3) is 6.08 Å². The van der Waals surface area contributed by atoms with Gasteiger partial charge in [-0.3, -0.25) is 14.6 Å². The number of hydrogen-bond donors (Lipinski definition) is 1. The van der Waals surface area contributed by atoms with Gasteiger partial charge in [-0.15, -0.1) is 0 Å². The van der Waals surface area contributed by atoms with Crippen LogP contribution < -0.4 is 0 Å². The number of fused-ring (bicyclic) bond motifs is 1. The van der Waals surface area contributed by atoms with E-state index in [2.05, 4.69) is 4.98 Å². The minimum atomic E-state index is -4.47. The van der Waals surface area contributed by atoms with Gasteiger partial charge in [0.15, 0.2) is 0 Å². The number of halogens is 3. The van der Waals surface area contributed by atoms with E-state index in [0.29, 0.717) is 22.3 Å². The summed E-state index contributed by atoms with van der Waals surface area (Å²) in [6.45, 7) is 0. The van der Waals surface area contributed by atoms with Gasteiger partial charge >= 0.3 is 6.18 Å². The van der Waals surface area contributed by atoms with Gasteiger partial charge in [0.25, 0.3) is 11.8 Å². The number of hydrogen-bond acceptors (Lipinski definition) is 4. The van der Waals surface area contributed by atoms with E-state index in [9.17, 15) is 27.9 Å². The fourth-order valence-corrected chi connectivity index (χ4v) is 3.34. The number of aliphatic hydroxyl groups is 1. The Morgan fingerprint density at radius 1 is 0.935 bits per heavy atom. The Morgan fingerprint density at radius 2 is 1.55 bits per heavy atom. The van der Waals surface area contributed by atoms with E-state index in [1.54, 1.807) is 24.3 Å². The predicted molar refractivity (Wildman–Crippen MR) is 106 cm³/mol. The molecule has 31 heavy (non-hydrogen) atoms. The molecule has 156 valence electrons. The minimum absolute atomic E-state index is 0.259. The summed E-state index contributed by atoms with van der Waals surface area (Å²) in [7, 11) is 0. The second-order valence-corrected chi connectivity index (χ2v) is 6.87. The largest absolute Gasteiger partial charge is 0.416 e. The highest BCUT2D eigenvalue weighted by atomic mass is 19.4.